The first-order valence-electron chi connectivity index (χ1n) is 11.4. The Morgan fingerprint density at radius 3 is 1.92 bits per heavy atom. The number of amides is 1. The molecule has 154 valence electrons. The van der Waals surface area contributed by atoms with E-state index in [-0.39, 0.29) is 11.3 Å². The summed E-state index contributed by atoms with van der Waals surface area (Å²) in [6.07, 6.45) is 16.7. The Labute approximate surface area is 163 Å². The van der Waals surface area contributed by atoms with Gasteiger partial charge in [0, 0.05) is 13.5 Å². The van der Waals surface area contributed by atoms with E-state index in [4.69, 9.17) is 0 Å². The topological polar surface area (TPSA) is 32.3 Å². The molecule has 1 heterocycles. The number of likely N-dealkylation sites (tertiary alicyclic amines) is 1. The molecule has 0 radical (unpaired) electrons. The van der Waals surface area contributed by atoms with Gasteiger partial charge in [0.2, 0.25) is 5.91 Å². The number of nitrogens with one attached hydrogen (secondary N) is 1. The zero-order chi connectivity index (χ0) is 19.3. The molecule has 0 bridgehead atoms. The summed E-state index contributed by atoms with van der Waals surface area (Å²) < 4.78 is 0. The van der Waals surface area contributed by atoms with Crippen LogP contribution in [-0.2, 0) is 4.79 Å². The first-order valence-corrected chi connectivity index (χ1v) is 11.4. The summed E-state index contributed by atoms with van der Waals surface area (Å²) in [6, 6.07) is 0. The molecular weight excluding hydrogens is 320 g/mol. The smallest absolute Gasteiger partial charge is 0.216 e. The van der Waals surface area contributed by atoms with Crippen LogP contribution in [0.15, 0.2) is 0 Å². The molecule has 0 saturated carbocycles. The molecular formula is C23H46N2O. The summed E-state index contributed by atoms with van der Waals surface area (Å²) in [5.74, 6) is 0.828. The maximum atomic E-state index is 11.2. The third kappa shape index (κ3) is 10.5. The Bertz CT molecular complexity index is 359. The van der Waals surface area contributed by atoms with Crippen LogP contribution in [0, 0.1) is 11.3 Å². The van der Waals surface area contributed by atoms with E-state index in [1.54, 1.807) is 6.92 Å². The molecule has 0 aromatic heterocycles. The van der Waals surface area contributed by atoms with E-state index in [9.17, 15) is 4.79 Å². The molecule has 0 unspecified atom stereocenters. The number of nitrogens with zero attached hydrogens (tertiary/aromatic N) is 1. The second kappa shape index (κ2) is 13.6. The van der Waals surface area contributed by atoms with Gasteiger partial charge in [0.25, 0.3) is 0 Å². The number of carbonyl (C=O) groups is 1. The lowest BCUT2D eigenvalue weighted by Crippen LogP contribution is -2.43. The van der Waals surface area contributed by atoms with Crippen LogP contribution < -0.4 is 5.32 Å². The van der Waals surface area contributed by atoms with Gasteiger partial charge in [0.1, 0.15) is 0 Å². The van der Waals surface area contributed by atoms with Crippen molar-refractivity contribution in [3.8, 4) is 0 Å². The van der Waals surface area contributed by atoms with Gasteiger partial charge in [-0.2, -0.15) is 0 Å². The molecule has 1 N–H and O–H groups in total. The highest BCUT2D eigenvalue weighted by Crippen LogP contribution is 2.34. The van der Waals surface area contributed by atoms with Crippen molar-refractivity contribution < 1.29 is 4.79 Å². The summed E-state index contributed by atoms with van der Waals surface area (Å²) in [7, 11) is 0. The predicted octanol–water partition coefficient (Wildman–Crippen LogP) is 5.78. The van der Waals surface area contributed by atoms with Gasteiger partial charge >= 0.3 is 0 Å². The Hall–Kier alpha value is -0.570. The zero-order valence-corrected chi connectivity index (χ0v) is 18.2. The minimum absolute atomic E-state index is 0.0940. The maximum absolute atomic E-state index is 11.2. The minimum Gasteiger partial charge on any atom is -0.356 e. The van der Waals surface area contributed by atoms with Crippen LogP contribution in [0.1, 0.15) is 105 Å². The lowest BCUT2D eigenvalue weighted by Gasteiger charge is -2.40. The normalized spacial score (nSPS) is 16.8. The lowest BCUT2D eigenvalue weighted by atomic mass is 9.73. The quantitative estimate of drug-likeness (QED) is 0.395. The van der Waals surface area contributed by atoms with Crippen LogP contribution in [0.3, 0.4) is 0 Å². The Morgan fingerprint density at radius 2 is 1.42 bits per heavy atom. The molecule has 0 aromatic rings. The van der Waals surface area contributed by atoms with Gasteiger partial charge in [0.15, 0.2) is 0 Å². The van der Waals surface area contributed by atoms with Crippen molar-refractivity contribution in [1.82, 2.24) is 10.2 Å². The van der Waals surface area contributed by atoms with Crippen molar-refractivity contribution in [2.75, 3.05) is 26.2 Å². The molecule has 26 heavy (non-hydrogen) atoms. The number of carbonyl (C=O) groups excluding carboxylic acids is 1. The lowest BCUT2D eigenvalue weighted by molar-refractivity contribution is -0.119. The molecule has 0 atom stereocenters. The number of unbranched alkanes of at least 4 members (excludes halogenated alkanes) is 9. The molecule has 1 saturated heterocycles. The van der Waals surface area contributed by atoms with Crippen LogP contribution in [0.4, 0.5) is 0 Å². The third-order valence-electron chi connectivity index (χ3n) is 6.31. The van der Waals surface area contributed by atoms with Gasteiger partial charge in [-0.05, 0) is 50.2 Å². The van der Waals surface area contributed by atoms with E-state index in [0.29, 0.717) is 0 Å². The molecule has 1 rings (SSSR count). The SMILES string of the molecule is CCCCCCCCCCCCN1CCC(C(C)(C)CNC(C)=O)CC1. The standard InChI is InChI=1S/C23H46N2O/c1-5-6-7-8-9-10-11-12-13-14-17-25-18-15-22(16-19-25)23(3,4)20-24-21(2)26/h22H,5-20H2,1-4H3,(H,24,26). The summed E-state index contributed by atoms with van der Waals surface area (Å²) in [6.45, 7) is 13.1. The fraction of sp³-hybridized carbons (Fsp3) is 0.957. The largest absolute Gasteiger partial charge is 0.356 e. The van der Waals surface area contributed by atoms with E-state index in [1.165, 1.54) is 96.7 Å². The fourth-order valence-electron chi connectivity index (χ4n) is 4.26. The van der Waals surface area contributed by atoms with Gasteiger partial charge in [-0.15, -0.1) is 0 Å². The maximum Gasteiger partial charge on any atom is 0.216 e. The predicted molar refractivity (Wildman–Crippen MR) is 113 cm³/mol. The van der Waals surface area contributed by atoms with Crippen molar-refractivity contribution in [3.05, 3.63) is 0 Å². The van der Waals surface area contributed by atoms with E-state index < -0.39 is 0 Å². The molecule has 3 heteroatoms. The summed E-state index contributed by atoms with van der Waals surface area (Å²) in [5, 5.41) is 3.01. The second-order valence-electron chi connectivity index (χ2n) is 9.20. The number of rotatable bonds is 14. The van der Waals surface area contributed by atoms with Gasteiger partial charge in [-0.3, -0.25) is 4.79 Å². The minimum atomic E-state index is 0.0940. The monoisotopic (exact) mass is 366 g/mol. The molecule has 1 amide bonds. The van der Waals surface area contributed by atoms with Crippen LogP contribution in [0.2, 0.25) is 0 Å². The molecule has 0 aliphatic carbocycles. The Morgan fingerprint density at radius 1 is 0.923 bits per heavy atom. The number of piperidine rings is 1. The van der Waals surface area contributed by atoms with Gasteiger partial charge in [0.05, 0.1) is 0 Å². The van der Waals surface area contributed by atoms with Crippen molar-refractivity contribution in [1.29, 1.82) is 0 Å². The molecule has 1 aliphatic heterocycles. The zero-order valence-electron chi connectivity index (χ0n) is 18.2. The van der Waals surface area contributed by atoms with E-state index in [0.717, 1.165) is 12.5 Å². The van der Waals surface area contributed by atoms with Gasteiger partial charge in [-0.25, -0.2) is 0 Å². The van der Waals surface area contributed by atoms with Crippen molar-refractivity contribution >= 4 is 5.91 Å². The summed E-state index contributed by atoms with van der Waals surface area (Å²) >= 11 is 0. The van der Waals surface area contributed by atoms with E-state index in [1.807, 2.05) is 0 Å². The fourth-order valence-corrected chi connectivity index (χ4v) is 4.26. The van der Waals surface area contributed by atoms with Gasteiger partial charge < -0.3 is 10.2 Å². The van der Waals surface area contributed by atoms with Crippen molar-refractivity contribution in [2.45, 2.75) is 105 Å². The first-order chi connectivity index (χ1) is 12.5. The average molecular weight is 367 g/mol. The van der Waals surface area contributed by atoms with E-state index >= 15 is 0 Å². The van der Waals surface area contributed by atoms with Crippen molar-refractivity contribution in [3.63, 3.8) is 0 Å². The highest BCUT2D eigenvalue weighted by molar-refractivity contribution is 5.72. The summed E-state index contributed by atoms with van der Waals surface area (Å²) in [4.78, 5) is 13.8. The van der Waals surface area contributed by atoms with E-state index in [2.05, 4.69) is 31.0 Å². The number of hydrogen-bond acceptors (Lipinski definition) is 2. The highest BCUT2D eigenvalue weighted by atomic mass is 16.1. The molecule has 1 aliphatic rings. The summed E-state index contributed by atoms with van der Waals surface area (Å²) in [5.41, 5.74) is 0.217. The Balaban J connectivity index is 2.01. The Kier molecular flexibility index (Phi) is 12.3. The van der Waals surface area contributed by atoms with Crippen LogP contribution >= 0.6 is 0 Å². The first kappa shape index (κ1) is 23.5. The highest BCUT2D eigenvalue weighted by Gasteiger charge is 2.32. The molecule has 1 fully saturated rings. The molecule has 0 aromatic carbocycles. The molecule has 3 nitrogen and oxygen atoms in total. The van der Waals surface area contributed by atoms with Crippen LogP contribution in [-0.4, -0.2) is 37.0 Å². The van der Waals surface area contributed by atoms with Crippen LogP contribution in [0.25, 0.3) is 0 Å². The average Bonchev–Trinajstić information content (AvgIpc) is 2.62. The second-order valence-corrected chi connectivity index (χ2v) is 9.20. The van der Waals surface area contributed by atoms with Gasteiger partial charge in [-0.1, -0.05) is 78.6 Å². The number of hydrogen-bond donors (Lipinski definition) is 1. The molecule has 0 spiro atoms. The van der Waals surface area contributed by atoms with Crippen molar-refractivity contribution in [2.24, 2.45) is 11.3 Å². The van der Waals surface area contributed by atoms with Crippen LogP contribution in [0.5, 0.6) is 0 Å². The third-order valence-corrected chi connectivity index (χ3v) is 6.31.